The van der Waals surface area contributed by atoms with Crippen LogP contribution in [-0.4, -0.2) is 49.0 Å². The van der Waals surface area contributed by atoms with Gasteiger partial charge in [0.1, 0.15) is 17.1 Å². The first kappa shape index (κ1) is 34.7. The largest absolute Gasteiger partial charge is 0.494 e. The topological polar surface area (TPSA) is 94.5 Å². The van der Waals surface area contributed by atoms with Gasteiger partial charge in [0.15, 0.2) is 0 Å². The van der Waals surface area contributed by atoms with Crippen molar-refractivity contribution in [1.82, 2.24) is 18.9 Å². The highest BCUT2D eigenvalue weighted by Gasteiger charge is 2.37. The van der Waals surface area contributed by atoms with E-state index in [0.717, 1.165) is 77.3 Å². The summed E-state index contributed by atoms with van der Waals surface area (Å²) in [5.74, 6) is -0.397. The number of aromatic nitrogens is 4. The van der Waals surface area contributed by atoms with E-state index in [1.807, 2.05) is 87.6 Å². The normalized spacial score (nSPS) is 14.6. The number of hydrogen-bond acceptors (Lipinski definition) is 4. The van der Waals surface area contributed by atoms with Crippen LogP contribution in [0.1, 0.15) is 74.0 Å². The minimum absolute atomic E-state index is 0.140. The zero-order valence-electron chi connectivity index (χ0n) is 30.1. The maximum Gasteiger partial charge on any atom is 0.352 e. The van der Waals surface area contributed by atoms with Crippen LogP contribution < -0.4 is 9.64 Å². The Morgan fingerprint density at radius 1 is 0.980 bits per heavy atom. The molecule has 9 nitrogen and oxygen atoms in total. The molecule has 264 valence electrons. The summed E-state index contributed by atoms with van der Waals surface area (Å²) < 4.78 is 11.9. The van der Waals surface area contributed by atoms with Crippen molar-refractivity contribution in [2.45, 2.75) is 60.4 Å². The van der Waals surface area contributed by atoms with Crippen molar-refractivity contribution in [3.8, 4) is 16.9 Å². The van der Waals surface area contributed by atoms with Crippen molar-refractivity contribution in [3.05, 3.63) is 97.5 Å². The standard InChI is InChI=1S/C40H41Cl2N5O4/c1-20-14-31-29(18-33(40(49)50)44(31)7)32(15-20)46-19-23(4)47-37-28(11-12-30(41)35(37)34-24(5)43-45(8)25(34)6)27(38(47)39(46)48)10-9-13-51-26-16-21(2)36(42)22(3)17-26/h11-12,14-18,23H,9-10,13,19H2,1-8H3,(H,49,50)/t23-/m1/s1. The van der Waals surface area contributed by atoms with Crippen molar-refractivity contribution < 1.29 is 19.4 Å². The maximum absolute atomic E-state index is 15.1. The molecule has 0 aliphatic carbocycles. The van der Waals surface area contributed by atoms with E-state index in [9.17, 15) is 9.90 Å². The van der Waals surface area contributed by atoms with Crippen LogP contribution in [0.2, 0.25) is 10.0 Å². The van der Waals surface area contributed by atoms with E-state index in [4.69, 9.17) is 33.0 Å². The van der Waals surface area contributed by atoms with Gasteiger partial charge in [0.05, 0.1) is 34.0 Å². The molecule has 0 radical (unpaired) electrons. The zero-order valence-corrected chi connectivity index (χ0v) is 31.6. The minimum atomic E-state index is -1.02. The third kappa shape index (κ3) is 5.58. The lowest BCUT2D eigenvalue weighted by Crippen LogP contribution is -2.42. The Labute approximate surface area is 306 Å². The molecule has 0 fully saturated rings. The summed E-state index contributed by atoms with van der Waals surface area (Å²) in [5.41, 5.74) is 10.6. The van der Waals surface area contributed by atoms with Gasteiger partial charge in [-0.15, -0.1) is 0 Å². The molecule has 7 rings (SSSR count). The Morgan fingerprint density at radius 2 is 1.69 bits per heavy atom. The van der Waals surface area contributed by atoms with Crippen molar-refractivity contribution in [3.63, 3.8) is 0 Å². The number of halogens is 2. The monoisotopic (exact) mass is 725 g/mol. The second kappa shape index (κ2) is 12.8. The van der Waals surface area contributed by atoms with E-state index in [2.05, 4.69) is 11.5 Å². The number of anilines is 1. The minimum Gasteiger partial charge on any atom is -0.494 e. The number of nitrogens with zero attached hydrogens (tertiary/aromatic N) is 5. The molecule has 51 heavy (non-hydrogen) atoms. The van der Waals surface area contributed by atoms with Crippen molar-refractivity contribution >= 4 is 62.6 Å². The second-order valence-corrected chi connectivity index (χ2v) is 14.7. The molecule has 1 amide bonds. The second-order valence-electron chi connectivity index (χ2n) is 13.9. The molecule has 1 aliphatic heterocycles. The number of aryl methyl sites for hydroxylation is 7. The number of carbonyl (C=O) groups is 2. The first-order chi connectivity index (χ1) is 24.2. The number of amides is 1. The maximum atomic E-state index is 15.1. The molecule has 3 aromatic carbocycles. The fraction of sp³-hybridized carbons (Fsp3) is 0.325. The SMILES string of the molecule is Cc1cc(N2C[C@@H](C)n3c(c(CCCOc4cc(C)c(Cl)c(C)c4)c4ccc(Cl)c(-c5c(C)nn(C)c5C)c43)C2=O)c2cc(C(=O)O)n(C)c2c1. The predicted molar refractivity (Wildman–Crippen MR) is 204 cm³/mol. The lowest BCUT2D eigenvalue weighted by molar-refractivity contribution is 0.0686. The average molecular weight is 727 g/mol. The van der Waals surface area contributed by atoms with Crippen molar-refractivity contribution in [2.75, 3.05) is 18.1 Å². The molecule has 0 saturated heterocycles. The number of benzene rings is 3. The Kier molecular flexibility index (Phi) is 8.71. The summed E-state index contributed by atoms with van der Waals surface area (Å²) in [4.78, 5) is 29.0. The highest BCUT2D eigenvalue weighted by Crippen LogP contribution is 2.46. The number of carboxylic acid groups (broad SMARTS) is 1. The summed E-state index contributed by atoms with van der Waals surface area (Å²) in [6.45, 7) is 12.9. The molecule has 11 heteroatoms. The summed E-state index contributed by atoms with van der Waals surface area (Å²) in [5, 5.41) is 17.7. The van der Waals surface area contributed by atoms with Crippen LogP contribution >= 0.6 is 23.2 Å². The van der Waals surface area contributed by atoms with Gasteiger partial charge in [0.25, 0.3) is 5.91 Å². The van der Waals surface area contributed by atoms with Gasteiger partial charge < -0.3 is 23.9 Å². The van der Waals surface area contributed by atoms with Crippen LogP contribution in [0, 0.1) is 34.6 Å². The summed E-state index contributed by atoms with van der Waals surface area (Å²) in [6, 6.07) is 13.3. The van der Waals surface area contributed by atoms with Gasteiger partial charge >= 0.3 is 5.97 Å². The number of carboxylic acids is 1. The average Bonchev–Trinajstić information content (AvgIpc) is 3.67. The Hall–Kier alpha value is -4.73. The summed E-state index contributed by atoms with van der Waals surface area (Å²) in [6.07, 6.45) is 1.24. The van der Waals surface area contributed by atoms with Crippen LogP contribution in [0.15, 0.2) is 42.5 Å². The molecule has 1 atom stereocenters. The number of hydrogen-bond donors (Lipinski definition) is 1. The van der Waals surface area contributed by atoms with Gasteiger partial charge in [-0.3, -0.25) is 9.48 Å². The zero-order chi connectivity index (χ0) is 36.6. The Morgan fingerprint density at radius 3 is 2.33 bits per heavy atom. The van der Waals surface area contributed by atoms with Crippen LogP contribution in [0.3, 0.4) is 0 Å². The van der Waals surface area contributed by atoms with Crippen LogP contribution in [0.5, 0.6) is 5.75 Å². The number of ether oxygens (including phenoxy) is 1. The molecule has 0 bridgehead atoms. The predicted octanol–water partition coefficient (Wildman–Crippen LogP) is 9.31. The number of rotatable bonds is 8. The Balaban J connectivity index is 1.39. The highest BCUT2D eigenvalue weighted by molar-refractivity contribution is 6.35. The number of aromatic carboxylic acids is 1. The van der Waals surface area contributed by atoms with E-state index in [1.165, 1.54) is 0 Å². The third-order valence-corrected chi connectivity index (χ3v) is 11.3. The molecule has 0 unspecified atom stereocenters. The van der Waals surface area contributed by atoms with Gasteiger partial charge in [0, 0.05) is 59.3 Å². The molecule has 4 heterocycles. The van der Waals surface area contributed by atoms with E-state index in [1.54, 1.807) is 17.7 Å². The smallest absolute Gasteiger partial charge is 0.352 e. The molecule has 1 N–H and O–H groups in total. The lowest BCUT2D eigenvalue weighted by atomic mass is 9.98. The highest BCUT2D eigenvalue weighted by atomic mass is 35.5. The number of carbonyl (C=O) groups excluding carboxylic acids is 1. The van der Waals surface area contributed by atoms with E-state index >= 15 is 4.79 Å². The van der Waals surface area contributed by atoms with Gasteiger partial charge in [-0.2, -0.15) is 5.10 Å². The van der Waals surface area contributed by atoms with Crippen LogP contribution in [-0.2, 0) is 20.5 Å². The van der Waals surface area contributed by atoms with Gasteiger partial charge in [-0.25, -0.2) is 4.79 Å². The van der Waals surface area contributed by atoms with E-state index < -0.39 is 5.97 Å². The van der Waals surface area contributed by atoms with Crippen molar-refractivity contribution in [1.29, 1.82) is 0 Å². The van der Waals surface area contributed by atoms with Crippen LogP contribution in [0.25, 0.3) is 32.9 Å². The van der Waals surface area contributed by atoms with E-state index in [0.29, 0.717) is 42.4 Å². The Bertz CT molecular complexity index is 2410. The summed E-state index contributed by atoms with van der Waals surface area (Å²) >= 11 is 13.5. The first-order valence-corrected chi connectivity index (χ1v) is 17.9. The fourth-order valence-electron chi connectivity index (χ4n) is 7.91. The third-order valence-electron chi connectivity index (χ3n) is 10.4. The molecule has 6 aromatic rings. The van der Waals surface area contributed by atoms with Gasteiger partial charge in [0.2, 0.25) is 0 Å². The first-order valence-electron chi connectivity index (χ1n) is 17.1. The van der Waals surface area contributed by atoms with Gasteiger partial charge in [-0.1, -0.05) is 29.3 Å². The fourth-order valence-corrected chi connectivity index (χ4v) is 8.27. The molecule has 0 spiro atoms. The van der Waals surface area contributed by atoms with E-state index in [-0.39, 0.29) is 17.6 Å². The molecule has 1 aliphatic rings. The van der Waals surface area contributed by atoms with Crippen molar-refractivity contribution in [2.24, 2.45) is 14.1 Å². The molecular formula is C40H41Cl2N5O4. The number of fused-ring (bicyclic) bond motifs is 4. The lowest BCUT2D eigenvalue weighted by Gasteiger charge is -2.35. The molecular weight excluding hydrogens is 685 g/mol. The molecule has 3 aromatic heterocycles. The summed E-state index contributed by atoms with van der Waals surface area (Å²) in [7, 11) is 3.67. The molecule has 0 saturated carbocycles. The quantitative estimate of drug-likeness (QED) is 0.158. The van der Waals surface area contributed by atoms with Crippen LogP contribution in [0.4, 0.5) is 5.69 Å². The van der Waals surface area contributed by atoms with Gasteiger partial charge in [-0.05, 0) is 113 Å².